The minimum atomic E-state index is 0.683. The molecule has 0 spiro atoms. The Morgan fingerprint density at radius 3 is 1.97 bits per heavy atom. The van der Waals surface area contributed by atoms with Crippen molar-refractivity contribution in [2.45, 2.75) is 6.42 Å². The molecule has 1 aliphatic carbocycles. The highest BCUT2D eigenvalue weighted by Crippen LogP contribution is 2.49. The van der Waals surface area contributed by atoms with E-state index in [1.165, 1.54) is 90.8 Å². The van der Waals surface area contributed by atoms with Gasteiger partial charge in [0.25, 0.3) is 0 Å². The molecule has 0 saturated carbocycles. The molecular weight excluding hydrogens is 877 g/mol. The number of rotatable bonds is 5. The van der Waals surface area contributed by atoms with Crippen molar-refractivity contribution in [1.29, 1.82) is 0 Å². The van der Waals surface area contributed by atoms with Crippen molar-refractivity contribution in [3.63, 3.8) is 0 Å². The highest BCUT2D eigenvalue weighted by molar-refractivity contribution is 7.26. The van der Waals surface area contributed by atoms with Crippen molar-refractivity contribution in [1.82, 2.24) is 19.1 Å². The van der Waals surface area contributed by atoms with Crippen LogP contribution in [0.2, 0.25) is 0 Å². The van der Waals surface area contributed by atoms with Gasteiger partial charge >= 0.3 is 0 Å². The largest absolute Gasteiger partial charge is 0.309 e. The topological polar surface area (TPSA) is 35.6 Å². The number of nitrogens with zero attached hydrogens (tertiary/aromatic N) is 4. The molecule has 1 aliphatic rings. The summed E-state index contributed by atoms with van der Waals surface area (Å²) < 4.78 is 8.41. The lowest BCUT2D eigenvalue weighted by atomic mass is 9.96. The molecule has 322 valence electrons. The van der Waals surface area contributed by atoms with E-state index in [9.17, 15) is 0 Å². The predicted molar refractivity (Wildman–Crippen MR) is 295 cm³/mol. The fourth-order valence-electron chi connectivity index (χ4n) is 11.0. The van der Waals surface area contributed by atoms with Gasteiger partial charge in [-0.25, -0.2) is 9.97 Å². The lowest BCUT2D eigenvalue weighted by molar-refractivity contribution is 1.02. The fourth-order valence-corrected chi connectivity index (χ4v) is 13.5. The van der Waals surface area contributed by atoms with Gasteiger partial charge in [0.05, 0.1) is 38.0 Å². The van der Waals surface area contributed by atoms with Crippen LogP contribution in [-0.4, -0.2) is 19.1 Å². The predicted octanol–water partition coefficient (Wildman–Crippen LogP) is 17.5. The molecule has 14 aromatic rings. The van der Waals surface area contributed by atoms with Gasteiger partial charge in [-0.15, -0.1) is 22.7 Å². The summed E-state index contributed by atoms with van der Waals surface area (Å²) in [5.74, 6) is 0.683. The van der Waals surface area contributed by atoms with E-state index in [0.29, 0.717) is 5.95 Å². The van der Waals surface area contributed by atoms with E-state index in [0.717, 1.165) is 50.0 Å². The Balaban J connectivity index is 0.996. The van der Waals surface area contributed by atoms with Gasteiger partial charge in [-0.1, -0.05) is 164 Å². The van der Waals surface area contributed by atoms with Crippen molar-refractivity contribution in [2.75, 3.05) is 0 Å². The maximum Gasteiger partial charge on any atom is 0.235 e. The van der Waals surface area contributed by atoms with Gasteiger partial charge in [0.1, 0.15) is 0 Å². The van der Waals surface area contributed by atoms with E-state index in [4.69, 9.17) is 9.97 Å². The van der Waals surface area contributed by atoms with Gasteiger partial charge in [0.15, 0.2) is 0 Å². The molecule has 69 heavy (non-hydrogen) atoms. The molecule has 0 saturated heterocycles. The Hall–Kier alpha value is -8.42. The SMILES string of the molecule is C1=CCc2c(sc3c(-c4ccc5c6ccccc6n(-c6ccc7cc(-c8ccccc8)ccc7c6)c5c4)cc4c5ccccc5n(-c5nc(-c6ccccc6)c6sc7ccccc7c6n5)c4c23)C=C1. The second kappa shape index (κ2) is 15.0. The molecule has 5 heterocycles. The Morgan fingerprint density at radius 2 is 1.13 bits per heavy atom. The first-order valence-electron chi connectivity index (χ1n) is 23.4. The molecule has 6 heteroatoms. The lowest BCUT2D eigenvalue weighted by Gasteiger charge is -2.13. The van der Waals surface area contributed by atoms with Crippen LogP contribution in [0.4, 0.5) is 0 Å². The molecule has 15 rings (SSSR count). The monoisotopic (exact) mass is 914 g/mol. The minimum absolute atomic E-state index is 0.683. The van der Waals surface area contributed by atoms with Crippen LogP contribution in [0.5, 0.6) is 0 Å². The summed E-state index contributed by atoms with van der Waals surface area (Å²) in [5.41, 5.74) is 15.0. The summed E-state index contributed by atoms with van der Waals surface area (Å²) in [4.78, 5) is 12.4. The molecule has 0 atom stereocenters. The average molecular weight is 915 g/mol. The molecule has 0 unspecified atom stereocenters. The molecule has 0 N–H and O–H groups in total. The molecule has 4 nitrogen and oxygen atoms in total. The van der Waals surface area contributed by atoms with E-state index in [1.807, 2.05) is 11.3 Å². The second-order valence-electron chi connectivity index (χ2n) is 18.0. The van der Waals surface area contributed by atoms with Gasteiger partial charge in [-0.3, -0.25) is 4.57 Å². The maximum atomic E-state index is 5.58. The van der Waals surface area contributed by atoms with Crippen LogP contribution >= 0.6 is 22.7 Å². The third kappa shape index (κ3) is 5.86. The molecular formula is C63H38N4S2. The summed E-state index contributed by atoms with van der Waals surface area (Å²) >= 11 is 3.67. The molecule has 0 aliphatic heterocycles. The average Bonchev–Trinajstić information content (AvgIpc) is 4.11. The van der Waals surface area contributed by atoms with Gasteiger partial charge in [0, 0.05) is 63.4 Å². The third-order valence-corrected chi connectivity index (χ3v) is 16.6. The summed E-state index contributed by atoms with van der Waals surface area (Å²) in [7, 11) is 0. The lowest BCUT2D eigenvalue weighted by Crippen LogP contribution is -2.03. The number of fused-ring (bicyclic) bond motifs is 14. The summed E-state index contributed by atoms with van der Waals surface area (Å²) in [5, 5.41) is 9.70. The fraction of sp³-hybridized carbons (Fsp3) is 0.0159. The first-order valence-corrected chi connectivity index (χ1v) is 25.1. The third-order valence-electron chi connectivity index (χ3n) is 14.2. The summed E-state index contributed by atoms with van der Waals surface area (Å²) in [6, 6.07) is 70.8. The van der Waals surface area contributed by atoms with Crippen LogP contribution in [0, 0.1) is 0 Å². The number of hydrogen-bond donors (Lipinski definition) is 0. The molecule has 5 aromatic heterocycles. The zero-order valence-electron chi connectivity index (χ0n) is 37.1. The van der Waals surface area contributed by atoms with E-state index < -0.39 is 0 Å². The van der Waals surface area contributed by atoms with Gasteiger partial charge in [0.2, 0.25) is 5.95 Å². The molecule has 0 radical (unpaired) electrons. The normalized spacial score (nSPS) is 12.8. The van der Waals surface area contributed by atoms with E-state index in [2.05, 4.69) is 228 Å². The summed E-state index contributed by atoms with van der Waals surface area (Å²) in [6.45, 7) is 0. The van der Waals surface area contributed by atoms with Crippen LogP contribution in [0.25, 0.3) is 136 Å². The molecule has 9 aromatic carbocycles. The smallest absolute Gasteiger partial charge is 0.235 e. The zero-order chi connectivity index (χ0) is 45.2. The van der Waals surface area contributed by atoms with E-state index in [1.54, 1.807) is 11.3 Å². The molecule has 0 amide bonds. The van der Waals surface area contributed by atoms with Crippen molar-refractivity contribution >= 4 is 114 Å². The number of para-hydroxylation sites is 2. The van der Waals surface area contributed by atoms with Crippen LogP contribution < -0.4 is 0 Å². The Labute approximate surface area is 404 Å². The van der Waals surface area contributed by atoms with Gasteiger partial charge < -0.3 is 4.57 Å². The Bertz CT molecular complexity index is 4510. The minimum Gasteiger partial charge on any atom is -0.309 e. The van der Waals surface area contributed by atoms with Crippen LogP contribution in [-0.2, 0) is 6.42 Å². The molecule has 0 fully saturated rings. The Kier molecular flexibility index (Phi) is 8.43. The number of hydrogen-bond acceptors (Lipinski definition) is 4. The van der Waals surface area contributed by atoms with Crippen LogP contribution in [0.15, 0.2) is 212 Å². The van der Waals surface area contributed by atoms with Crippen LogP contribution in [0.3, 0.4) is 0 Å². The van der Waals surface area contributed by atoms with Crippen LogP contribution in [0.1, 0.15) is 10.4 Å². The maximum absolute atomic E-state index is 5.58. The van der Waals surface area contributed by atoms with E-state index in [-0.39, 0.29) is 0 Å². The first kappa shape index (κ1) is 38.7. The number of aromatic nitrogens is 4. The van der Waals surface area contributed by atoms with Crippen molar-refractivity contribution < 1.29 is 0 Å². The number of benzene rings is 9. The molecule has 0 bridgehead atoms. The standard InChI is InChI=1S/C63H38N4S2/c1-4-16-38(17-5-1)40-28-29-42-35-44(32-30-41(42)34-40)66-52-24-13-10-20-45(52)47-33-31-43(36-54(47)66)50-37-51-46-21-11-14-25-53(46)67(60(51)57-48-22-8-3-9-26-55(48)68-61(50)57)63-64-58(39-18-6-2-7-19-39)62-59(65-63)49-23-12-15-27-56(49)69-62/h1-21,23-37H,22H2. The van der Waals surface area contributed by atoms with Crippen molar-refractivity contribution in [3.05, 3.63) is 223 Å². The quantitative estimate of drug-likeness (QED) is 0.172. The first-order chi connectivity index (χ1) is 34.2. The van der Waals surface area contributed by atoms with Crippen molar-refractivity contribution in [3.8, 4) is 45.1 Å². The zero-order valence-corrected chi connectivity index (χ0v) is 38.7. The van der Waals surface area contributed by atoms with Gasteiger partial charge in [-0.2, -0.15) is 0 Å². The number of thiophene rings is 2. The highest BCUT2D eigenvalue weighted by Gasteiger charge is 2.26. The summed E-state index contributed by atoms with van der Waals surface area (Å²) in [6.07, 6.45) is 9.79. The van der Waals surface area contributed by atoms with E-state index >= 15 is 0 Å². The Morgan fingerprint density at radius 1 is 0.449 bits per heavy atom. The van der Waals surface area contributed by atoms with Gasteiger partial charge in [-0.05, 0) is 94.1 Å². The number of allylic oxidation sites excluding steroid dienone is 3. The second-order valence-corrected chi connectivity index (χ2v) is 20.1. The highest BCUT2D eigenvalue weighted by atomic mass is 32.1. The van der Waals surface area contributed by atoms with Crippen molar-refractivity contribution in [2.24, 2.45) is 0 Å².